The Balaban J connectivity index is 1.54. The molecular formula is C23H23FN4O2S. The van der Waals surface area contributed by atoms with Crippen molar-refractivity contribution in [1.82, 2.24) is 14.5 Å². The Labute approximate surface area is 183 Å². The van der Waals surface area contributed by atoms with E-state index >= 15 is 0 Å². The van der Waals surface area contributed by atoms with Crippen molar-refractivity contribution >= 4 is 32.6 Å². The summed E-state index contributed by atoms with van der Waals surface area (Å²) in [4.78, 5) is 23.6. The summed E-state index contributed by atoms with van der Waals surface area (Å²) in [5, 5.41) is 0.658. The molecule has 1 amide bonds. The van der Waals surface area contributed by atoms with Crippen LogP contribution >= 0.6 is 11.3 Å². The molecule has 0 aliphatic heterocycles. The first-order valence-electron chi connectivity index (χ1n) is 10.0. The third-order valence-corrected chi connectivity index (χ3v) is 6.21. The number of rotatable bonds is 8. The summed E-state index contributed by atoms with van der Waals surface area (Å²) in [6, 6.07) is 9.75. The van der Waals surface area contributed by atoms with Gasteiger partial charge in [0.25, 0.3) is 5.91 Å². The van der Waals surface area contributed by atoms with Crippen LogP contribution in [0.5, 0.6) is 5.75 Å². The van der Waals surface area contributed by atoms with Crippen LogP contribution in [0.3, 0.4) is 0 Å². The van der Waals surface area contributed by atoms with E-state index in [2.05, 4.69) is 11.1 Å². The Hall–Kier alpha value is -3.26. The first kappa shape index (κ1) is 21.0. The van der Waals surface area contributed by atoms with Gasteiger partial charge in [0.05, 0.1) is 16.5 Å². The molecule has 31 heavy (non-hydrogen) atoms. The van der Waals surface area contributed by atoms with Crippen molar-refractivity contribution in [3.05, 3.63) is 72.1 Å². The van der Waals surface area contributed by atoms with Crippen molar-refractivity contribution < 1.29 is 13.9 Å². The number of amides is 1. The van der Waals surface area contributed by atoms with E-state index in [9.17, 15) is 9.18 Å². The lowest BCUT2D eigenvalue weighted by Crippen LogP contribution is -2.36. The lowest BCUT2D eigenvalue weighted by atomic mass is 10.1. The number of carbonyl (C=O) groups is 1. The molecule has 0 atom stereocenters. The van der Waals surface area contributed by atoms with Crippen molar-refractivity contribution in [2.45, 2.75) is 26.8 Å². The van der Waals surface area contributed by atoms with E-state index in [-0.39, 0.29) is 18.3 Å². The highest BCUT2D eigenvalue weighted by Gasteiger charge is 2.21. The van der Waals surface area contributed by atoms with Crippen LogP contribution in [0.2, 0.25) is 0 Å². The highest BCUT2D eigenvalue weighted by Crippen LogP contribution is 2.33. The number of hydrogen-bond donors (Lipinski definition) is 0. The van der Waals surface area contributed by atoms with Crippen molar-refractivity contribution in [2.24, 2.45) is 0 Å². The number of fused-ring (bicyclic) bond motifs is 1. The fraction of sp³-hybridized carbons (Fsp3) is 0.261. The fourth-order valence-electron chi connectivity index (χ4n) is 3.27. The zero-order valence-corrected chi connectivity index (χ0v) is 18.2. The third kappa shape index (κ3) is 4.91. The van der Waals surface area contributed by atoms with Crippen molar-refractivity contribution in [3.8, 4) is 5.75 Å². The van der Waals surface area contributed by atoms with E-state index in [1.54, 1.807) is 17.4 Å². The molecular weight excluding hydrogens is 415 g/mol. The minimum atomic E-state index is -0.347. The monoisotopic (exact) mass is 438 g/mol. The predicted octanol–water partition coefficient (Wildman–Crippen LogP) is 4.75. The molecule has 0 bridgehead atoms. The fourth-order valence-corrected chi connectivity index (χ4v) is 4.43. The van der Waals surface area contributed by atoms with Crippen molar-refractivity contribution in [2.75, 3.05) is 18.1 Å². The number of ether oxygens (including phenoxy) is 1. The standard InChI is InChI=1S/C23H23FN4O2S/c1-16-4-5-17(2)22-21(16)26-23(31-22)28(12-3-11-27-13-10-25-15-27)20(29)14-30-19-8-6-18(24)7-9-19/h4-10,13,15H,3,11-12,14H2,1-2H3. The van der Waals surface area contributed by atoms with Crippen LogP contribution in [0.25, 0.3) is 10.2 Å². The summed E-state index contributed by atoms with van der Waals surface area (Å²) in [6.07, 6.45) is 6.13. The molecule has 0 fully saturated rings. The minimum absolute atomic E-state index is 0.148. The maximum atomic E-state index is 13.1. The Kier molecular flexibility index (Phi) is 6.27. The second-order valence-electron chi connectivity index (χ2n) is 7.32. The summed E-state index contributed by atoms with van der Waals surface area (Å²) in [5.41, 5.74) is 3.14. The summed E-state index contributed by atoms with van der Waals surface area (Å²) in [5.74, 6) is -0.0894. The number of nitrogens with zero attached hydrogens (tertiary/aromatic N) is 4. The van der Waals surface area contributed by atoms with Crippen molar-refractivity contribution in [3.63, 3.8) is 0 Å². The Morgan fingerprint density at radius 1 is 1.16 bits per heavy atom. The number of hydrogen-bond acceptors (Lipinski definition) is 5. The van der Waals surface area contributed by atoms with Gasteiger partial charge in [-0.15, -0.1) is 0 Å². The Morgan fingerprint density at radius 3 is 2.65 bits per heavy atom. The molecule has 0 unspecified atom stereocenters. The van der Waals surface area contributed by atoms with Gasteiger partial charge in [-0.05, 0) is 55.7 Å². The van der Waals surface area contributed by atoms with E-state index in [1.165, 1.54) is 35.6 Å². The molecule has 6 nitrogen and oxygen atoms in total. The van der Waals surface area contributed by atoms with Crippen LogP contribution in [-0.4, -0.2) is 33.6 Å². The minimum Gasteiger partial charge on any atom is -0.484 e. The van der Waals surface area contributed by atoms with Gasteiger partial charge in [0.1, 0.15) is 11.6 Å². The van der Waals surface area contributed by atoms with Gasteiger partial charge in [0.15, 0.2) is 11.7 Å². The summed E-state index contributed by atoms with van der Waals surface area (Å²) in [7, 11) is 0. The number of anilines is 1. The molecule has 0 radical (unpaired) electrons. The molecule has 0 aliphatic rings. The molecule has 0 aliphatic carbocycles. The zero-order chi connectivity index (χ0) is 21.8. The first-order valence-corrected chi connectivity index (χ1v) is 10.8. The van der Waals surface area contributed by atoms with Crippen LogP contribution in [0.4, 0.5) is 9.52 Å². The van der Waals surface area contributed by atoms with Gasteiger partial charge >= 0.3 is 0 Å². The number of benzene rings is 2. The molecule has 2 aromatic carbocycles. The Morgan fingerprint density at radius 2 is 1.94 bits per heavy atom. The van der Waals surface area contributed by atoms with Crippen molar-refractivity contribution in [1.29, 1.82) is 0 Å². The largest absolute Gasteiger partial charge is 0.484 e. The zero-order valence-electron chi connectivity index (χ0n) is 17.4. The van der Waals surface area contributed by atoms with Gasteiger partial charge in [-0.3, -0.25) is 9.69 Å². The molecule has 2 heterocycles. The van der Waals surface area contributed by atoms with Crippen LogP contribution in [0, 0.1) is 19.7 Å². The van der Waals surface area contributed by atoms with Gasteiger partial charge in [0.2, 0.25) is 0 Å². The Bertz CT molecular complexity index is 1130. The van der Waals surface area contributed by atoms with Crippen LogP contribution < -0.4 is 9.64 Å². The molecule has 4 rings (SSSR count). The molecule has 0 N–H and O–H groups in total. The lowest BCUT2D eigenvalue weighted by Gasteiger charge is -2.20. The van der Waals surface area contributed by atoms with Gasteiger partial charge < -0.3 is 9.30 Å². The molecule has 8 heteroatoms. The normalized spacial score (nSPS) is 11.1. The molecule has 160 valence electrons. The number of thiazole rings is 1. The van der Waals surface area contributed by atoms with Gasteiger partial charge in [-0.25, -0.2) is 14.4 Å². The van der Waals surface area contributed by atoms with Gasteiger partial charge in [0, 0.05) is 25.5 Å². The van der Waals surface area contributed by atoms with Crippen LogP contribution in [-0.2, 0) is 11.3 Å². The number of aromatic nitrogens is 3. The van der Waals surface area contributed by atoms with E-state index in [0.29, 0.717) is 17.4 Å². The second kappa shape index (κ2) is 9.26. The highest BCUT2D eigenvalue weighted by molar-refractivity contribution is 7.22. The second-order valence-corrected chi connectivity index (χ2v) is 8.29. The van der Waals surface area contributed by atoms with E-state index < -0.39 is 0 Å². The van der Waals surface area contributed by atoms with Gasteiger partial charge in [-0.1, -0.05) is 23.5 Å². The topological polar surface area (TPSA) is 60.2 Å². The maximum Gasteiger partial charge on any atom is 0.266 e. The summed E-state index contributed by atoms with van der Waals surface area (Å²) in [6.45, 7) is 5.17. The summed E-state index contributed by atoms with van der Waals surface area (Å²) >= 11 is 1.52. The number of halogens is 1. The molecule has 0 saturated heterocycles. The molecule has 0 saturated carbocycles. The average molecular weight is 439 g/mol. The highest BCUT2D eigenvalue weighted by atomic mass is 32.1. The smallest absolute Gasteiger partial charge is 0.266 e. The predicted molar refractivity (Wildman–Crippen MR) is 120 cm³/mol. The quantitative estimate of drug-likeness (QED) is 0.398. The summed E-state index contributed by atoms with van der Waals surface area (Å²) < 4.78 is 21.8. The lowest BCUT2D eigenvalue weighted by molar-refractivity contribution is -0.120. The van der Waals surface area contributed by atoms with E-state index in [1.807, 2.05) is 30.7 Å². The number of imidazole rings is 1. The molecule has 0 spiro atoms. The number of carbonyl (C=O) groups excluding carboxylic acids is 1. The molecule has 2 aromatic heterocycles. The molecule has 4 aromatic rings. The maximum absolute atomic E-state index is 13.1. The SMILES string of the molecule is Cc1ccc(C)c2sc(N(CCCn3ccnc3)C(=O)COc3ccc(F)cc3)nc12. The van der Waals surface area contributed by atoms with Gasteiger partial charge in [-0.2, -0.15) is 0 Å². The third-order valence-electron chi connectivity index (χ3n) is 5.00. The van der Waals surface area contributed by atoms with Crippen LogP contribution in [0.15, 0.2) is 55.1 Å². The van der Waals surface area contributed by atoms with E-state index in [4.69, 9.17) is 9.72 Å². The van der Waals surface area contributed by atoms with Crippen LogP contribution in [0.1, 0.15) is 17.5 Å². The van der Waals surface area contributed by atoms with E-state index in [0.717, 1.165) is 34.3 Å². The first-order chi connectivity index (χ1) is 15.0. The number of aryl methyl sites for hydroxylation is 3. The average Bonchev–Trinajstić information content (AvgIpc) is 3.44.